The second-order valence-electron chi connectivity index (χ2n) is 8.86. The highest BCUT2D eigenvalue weighted by Gasteiger charge is 2.28. The molecule has 0 aliphatic heterocycles. The SMILES string of the molecule is C=C(C)C(=O)OCC.CC(OCCC[SiH](O[Si](C)(C)C)O[Si](C)(C)C)C(O)CO. The van der Waals surface area contributed by atoms with Gasteiger partial charge in [-0.25, -0.2) is 4.79 Å². The molecule has 2 atom stereocenters. The molecule has 0 spiro atoms. The van der Waals surface area contributed by atoms with Crippen molar-refractivity contribution in [3.05, 3.63) is 12.2 Å². The molecule has 0 rings (SSSR count). The molecule has 2 unspecified atom stereocenters. The van der Waals surface area contributed by atoms with Crippen LogP contribution in [0.25, 0.3) is 0 Å². The van der Waals surface area contributed by atoms with E-state index in [0.717, 1.165) is 12.5 Å². The molecule has 0 saturated heterocycles. The van der Waals surface area contributed by atoms with Crippen molar-refractivity contribution in [1.29, 1.82) is 0 Å². The topological polar surface area (TPSA) is 94.5 Å². The summed E-state index contributed by atoms with van der Waals surface area (Å²) in [6, 6.07) is 0.927. The number of aliphatic hydroxyl groups is 2. The average molecular weight is 469 g/mol. The van der Waals surface area contributed by atoms with Crippen LogP contribution in [-0.2, 0) is 22.5 Å². The summed E-state index contributed by atoms with van der Waals surface area (Å²) >= 11 is 0. The van der Waals surface area contributed by atoms with Crippen molar-refractivity contribution in [2.45, 2.75) is 84.7 Å². The summed E-state index contributed by atoms with van der Waals surface area (Å²) in [5.41, 5.74) is 0.451. The van der Waals surface area contributed by atoms with Gasteiger partial charge in [0.05, 0.1) is 19.3 Å². The average Bonchev–Trinajstić information content (AvgIpc) is 2.55. The van der Waals surface area contributed by atoms with Gasteiger partial charge in [-0.2, -0.15) is 0 Å². The lowest BCUT2D eigenvalue weighted by Gasteiger charge is -2.30. The maximum Gasteiger partial charge on any atom is 0.333 e. The minimum absolute atomic E-state index is 0.268. The zero-order valence-corrected chi connectivity index (χ0v) is 23.1. The second-order valence-corrected chi connectivity index (χ2v) is 20.6. The van der Waals surface area contributed by atoms with Crippen molar-refractivity contribution in [3.63, 3.8) is 0 Å². The van der Waals surface area contributed by atoms with E-state index in [1.807, 2.05) is 0 Å². The molecule has 0 fully saturated rings. The van der Waals surface area contributed by atoms with Crippen LogP contribution in [0, 0.1) is 0 Å². The molecule has 0 aliphatic rings. The molecule has 0 amide bonds. The van der Waals surface area contributed by atoms with Crippen LogP contribution >= 0.6 is 0 Å². The maximum absolute atomic E-state index is 10.4. The van der Waals surface area contributed by atoms with Crippen molar-refractivity contribution >= 4 is 31.9 Å². The van der Waals surface area contributed by atoms with Gasteiger partial charge < -0.3 is 27.9 Å². The maximum atomic E-state index is 10.4. The molecule has 0 saturated carbocycles. The van der Waals surface area contributed by atoms with Crippen LogP contribution < -0.4 is 0 Å². The fraction of sp³-hybridized carbons (Fsp3) is 0.842. The van der Waals surface area contributed by atoms with E-state index in [0.29, 0.717) is 18.8 Å². The Morgan fingerprint density at radius 1 is 1.10 bits per heavy atom. The smallest absolute Gasteiger partial charge is 0.333 e. The third-order valence-corrected chi connectivity index (χ3v) is 11.9. The number of ether oxygens (including phenoxy) is 2. The summed E-state index contributed by atoms with van der Waals surface area (Å²) in [6.07, 6.45) is -0.283. The van der Waals surface area contributed by atoms with Crippen molar-refractivity contribution < 1.29 is 32.7 Å². The number of esters is 1. The molecule has 0 aromatic heterocycles. The molecule has 174 valence electrons. The van der Waals surface area contributed by atoms with Crippen molar-refractivity contribution in [1.82, 2.24) is 0 Å². The monoisotopic (exact) mass is 468 g/mol. The van der Waals surface area contributed by atoms with Crippen LogP contribution in [0.3, 0.4) is 0 Å². The third-order valence-electron chi connectivity index (χ3n) is 3.29. The largest absolute Gasteiger partial charge is 0.463 e. The summed E-state index contributed by atoms with van der Waals surface area (Å²) in [6.45, 7) is 22.4. The van der Waals surface area contributed by atoms with Gasteiger partial charge in [-0.05, 0) is 72.5 Å². The molecule has 0 heterocycles. The Kier molecular flexibility index (Phi) is 16.4. The van der Waals surface area contributed by atoms with E-state index >= 15 is 0 Å². The van der Waals surface area contributed by atoms with E-state index in [9.17, 15) is 9.90 Å². The Morgan fingerprint density at radius 3 is 1.90 bits per heavy atom. The summed E-state index contributed by atoms with van der Waals surface area (Å²) in [5, 5.41) is 18.3. The van der Waals surface area contributed by atoms with Gasteiger partial charge in [-0.15, -0.1) is 0 Å². The lowest BCUT2D eigenvalue weighted by Crippen LogP contribution is -2.43. The van der Waals surface area contributed by atoms with Gasteiger partial charge in [0.15, 0.2) is 16.6 Å². The molecule has 2 N–H and O–H groups in total. The molecular formula is C19H44O7Si3. The molecule has 0 aromatic carbocycles. The van der Waals surface area contributed by atoms with Gasteiger partial charge in [0.2, 0.25) is 0 Å². The zero-order chi connectivity index (χ0) is 23.3. The molecule has 10 heteroatoms. The molecule has 0 aliphatic carbocycles. The molecule has 0 aromatic rings. The number of hydrogen-bond acceptors (Lipinski definition) is 7. The number of aliphatic hydroxyl groups excluding tert-OH is 2. The summed E-state index contributed by atoms with van der Waals surface area (Å²) in [7, 11) is -4.81. The quantitative estimate of drug-likeness (QED) is 0.185. The lowest BCUT2D eigenvalue weighted by atomic mass is 10.2. The fourth-order valence-corrected chi connectivity index (χ4v) is 10.3. The van der Waals surface area contributed by atoms with Crippen molar-refractivity contribution in [2.24, 2.45) is 0 Å². The molecule has 29 heavy (non-hydrogen) atoms. The van der Waals surface area contributed by atoms with E-state index < -0.39 is 32.0 Å². The molecule has 7 nitrogen and oxygen atoms in total. The zero-order valence-electron chi connectivity index (χ0n) is 19.9. The van der Waals surface area contributed by atoms with E-state index in [-0.39, 0.29) is 18.7 Å². The first kappa shape index (κ1) is 30.9. The van der Waals surface area contributed by atoms with E-state index in [4.69, 9.17) is 18.1 Å². The van der Waals surface area contributed by atoms with Crippen LogP contribution in [0.4, 0.5) is 0 Å². The van der Waals surface area contributed by atoms with Crippen molar-refractivity contribution in [2.75, 3.05) is 19.8 Å². The predicted octanol–water partition coefficient (Wildman–Crippen LogP) is 3.18. The molecule has 0 radical (unpaired) electrons. The highest BCUT2D eigenvalue weighted by molar-refractivity contribution is 6.81. The van der Waals surface area contributed by atoms with Crippen LogP contribution in [0.1, 0.15) is 27.2 Å². The standard InChI is InChI=1S/C13H34O5Si3.C6H10O2/c1-12(13(15)11-14)16-9-8-10-19(17-20(2,3)4)18-21(5,6)7;1-4-8-6(7)5(2)3/h12-15,19H,8-11H2,1-7H3;2,4H2,1,3H3. The van der Waals surface area contributed by atoms with Crippen LogP contribution in [-0.4, -0.2) is 74.1 Å². The molecular weight excluding hydrogens is 424 g/mol. The Bertz CT molecular complexity index is 446. The summed E-state index contributed by atoms with van der Waals surface area (Å²) in [5.74, 6) is -0.312. The van der Waals surface area contributed by atoms with Crippen molar-refractivity contribution in [3.8, 4) is 0 Å². The van der Waals surface area contributed by atoms with E-state index in [1.165, 1.54) is 0 Å². The van der Waals surface area contributed by atoms with E-state index in [1.54, 1.807) is 20.8 Å². The minimum Gasteiger partial charge on any atom is -0.463 e. The summed E-state index contributed by atoms with van der Waals surface area (Å²) < 4.78 is 22.6. The normalized spacial score (nSPS) is 14.1. The summed E-state index contributed by atoms with van der Waals surface area (Å²) in [4.78, 5) is 10.4. The lowest BCUT2D eigenvalue weighted by molar-refractivity contribution is -0.138. The van der Waals surface area contributed by atoms with Gasteiger partial charge in [0.1, 0.15) is 6.10 Å². The van der Waals surface area contributed by atoms with Gasteiger partial charge in [-0.3, -0.25) is 0 Å². The number of carbonyl (C=O) groups excluding carboxylic acids is 1. The second kappa shape index (κ2) is 15.5. The Labute approximate surface area is 181 Å². The van der Waals surface area contributed by atoms with Gasteiger partial charge in [0.25, 0.3) is 0 Å². The first-order valence-electron chi connectivity index (χ1n) is 10.2. The fourth-order valence-electron chi connectivity index (χ4n) is 1.96. The van der Waals surface area contributed by atoms with Gasteiger partial charge in [-0.1, -0.05) is 6.58 Å². The highest BCUT2D eigenvalue weighted by atomic mass is 28.4. The van der Waals surface area contributed by atoms with Crippen LogP contribution in [0.15, 0.2) is 12.2 Å². The van der Waals surface area contributed by atoms with Crippen LogP contribution in [0.2, 0.25) is 45.3 Å². The van der Waals surface area contributed by atoms with E-state index in [2.05, 4.69) is 50.6 Å². The number of hydrogen-bond donors (Lipinski definition) is 2. The molecule has 0 bridgehead atoms. The van der Waals surface area contributed by atoms with Crippen LogP contribution in [0.5, 0.6) is 0 Å². The minimum atomic E-state index is -1.65. The Hall–Kier alpha value is -0.339. The number of rotatable bonds is 13. The highest BCUT2D eigenvalue weighted by Crippen LogP contribution is 2.16. The predicted molar refractivity (Wildman–Crippen MR) is 125 cm³/mol. The van der Waals surface area contributed by atoms with Gasteiger partial charge >= 0.3 is 15.3 Å². The first-order chi connectivity index (χ1) is 13.1. The third kappa shape index (κ3) is 20.7. The van der Waals surface area contributed by atoms with Gasteiger partial charge in [0, 0.05) is 12.2 Å². The first-order valence-corrected chi connectivity index (χ1v) is 18.8. The Morgan fingerprint density at radius 2 is 1.59 bits per heavy atom. The Balaban J connectivity index is 0. The number of carbonyl (C=O) groups is 1.